The van der Waals surface area contributed by atoms with Gasteiger partial charge in [-0.2, -0.15) is 0 Å². The molecule has 1 aliphatic rings. The summed E-state index contributed by atoms with van der Waals surface area (Å²) in [6.45, 7) is 4.23. The largest absolute Gasteiger partial charge is 0.334 e. The number of imidazole rings is 1. The smallest absolute Gasteiger partial charge is 0.0948 e. The van der Waals surface area contributed by atoms with Crippen LogP contribution in [0.2, 0.25) is 0 Å². The molecular weight excluding hydrogens is 198 g/mol. The Morgan fingerprint density at radius 1 is 1.31 bits per heavy atom. The fourth-order valence-corrected chi connectivity index (χ4v) is 2.49. The van der Waals surface area contributed by atoms with Crippen LogP contribution >= 0.6 is 0 Å². The normalized spacial score (nSPS) is 18.6. The molecule has 1 fully saturated rings. The van der Waals surface area contributed by atoms with E-state index in [9.17, 15) is 0 Å². The second-order valence-corrected chi connectivity index (χ2v) is 4.87. The Hall–Kier alpha value is -0.830. The van der Waals surface area contributed by atoms with Crippen molar-refractivity contribution in [3.05, 3.63) is 18.2 Å². The van der Waals surface area contributed by atoms with Gasteiger partial charge in [0.15, 0.2) is 0 Å². The molecule has 0 unspecified atom stereocenters. The number of rotatable bonds is 4. The average Bonchev–Trinajstić information content (AvgIpc) is 2.55. The molecule has 0 atom stereocenters. The highest BCUT2D eigenvalue weighted by molar-refractivity contribution is 4.93. The van der Waals surface area contributed by atoms with Crippen LogP contribution in [0, 0.1) is 6.92 Å². The number of aryl methyl sites for hydroxylation is 1. The molecule has 2 rings (SSSR count). The van der Waals surface area contributed by atoms with Gasteiger partial charge in [-0.1, -0.05) is 25.7 Å². The number of hydrogen-bond acceptors (Lipinski definition) is 2. The van der Waals surface area contributed by atoms with Crippen molar-refractivity contribution in [2.45, 2.75) is 58.0 Å². The summed E-state index contributed by atoms with van der Waals surface area (Å²) in [6.07, 6.45) is 12.2. The molecule has 3 nitrogen and oxygen atoms in total. The SMILES string of the molecule is Cc1cncn1CCNC1CCCCCC1. The first-order valence-electron chi connectivity index (χ1n) is 6.56. The average molecular weight is 221 g/mol. The number of aromatic nitrogens is 2. The van der Waals surface area contributed by atoms with Gasteiger partial charge in [0.05, 0.1) is 6.33 Å². The quantitative estimate of drug-likeness (QED) is 0.792. The highest BCUT2D eigenvalue weighted by atomic mass is 15.1. The molecule has 3 heteroatoms. The molecule has 1 heterocycles. The lowest BCUT2D eigenvalue weighted by Crippen LogP contribution is -2.31. The molecule has 0 amide bonds. The van der Waals surface area contributed by atoms with Crippen LogP contribution in [0.25, 0.3) is 0 Å². The van der Waals surface area contributed by atoms with Crippen molar-refractivity contribution in [1.82, 2.24) is 14.9 Å². The Kier molecular flexibility index (Phi) is 4.40. The maximum absolute atomic E-state index is 4.14. The summed E-state index contributed by atoms with van der Waals surface area (Å²) in [6, 6.07) is 0.756. The lowest BCUT2D eigenvalue weighted by atomic mass is 10.1. The minimum absolute atomic E-state index is 0.756. The zero-order valence-corrected chi connectivity index (χ0v) is 10.3. The molecule has 90 valence electrons. The van der Waals surface area contributed by atoms with Crippen LogP contribution < -0.4 is 5.32 Å². The molecule has 0 aromatic carbocycles. The molecule has 1 N–H and O–H groups in total. The third-order valence-corrected chi connectivity index (χ3v) is 3.56. The number of nitrogens with one attached hydrogen (secondary N) is 1. The summed E-state index contributed by atoms with van der Waals surface area (Å²) in [5.74, 6) is 0. The van der Waals surface area contributed by atoms with E-state index in [4.69, 9.17) is 0 Å². The summed E-state index contributed by atoms with van der Waals surface area (Å²) in [7, 11) is 0. The van der Waals surface area contributed by atoms with Gasteiger partial charge in [-0.25, -0.2) is 4.98 Å². The van der Waals surface area contributed by atoms with Crippen molar-refractivity contribution >= 4 is 0 Å². The molecule has 1 aromatic heterocycles. The van der Waals surface area contributed by atoms with E-state index in [1.54, 1.807) is 0 Å². The van der Waals surface area contributed by atoms with Gasteiger partial charge in [0.1, 0.15) is 0 Å². The van der Waals surface area contributed by atoms with Gasteiger partial charge in [0.25, 0.3) is 0 Å². The summed E-state index contributed by atoms with van der Waals surface area (Å²) in [4.78, 5) is 4.14. The van der Waals surface area contributed by atoms with Gasteiger partial charge >= 0.3 is 0 Å². The van der Waals surface area contributed by atoms with Gasteiger partial charge in [0, 0.05) is 31.0 Å². The van der Waals surface area contributed by atoms with Crippen molar-refractivity contribution in [3.63, 3.8) is 0 Å². The Balaban J connectivity index is 1.69. The number of hydrogen-bond donors (Lipinski definition) is 1. The third-order valence-electron chi connectivity index (χ3n) is 3.56. The Morgan fingerprint density at radius 3 is 2.69 bits per heavy atom. The second-order valence-electron chi connectivity index (χ2n) is 4.87. The second kappa shape index (κ2) is 6.04. The van der Waals surface area contributed by atoms with E-state index in [0.717, 1.165) is 19.1 Å². The number of nitrogens with zero attached hydrogens (tertiary/aromatic N) is 2. The monoisotopic (exact) mass is 221 g/mol. The first-order valence-corrected chi connectivity index (χ1v) is 6.56. The summed E-state index contributed by atoms with van der Waals surface area (Å²) >= 11 is 0. The molecule has 0 spiro atoms. The molecule has 1 saturated carbocycles. The molecule has 0 saturated heterocycles. The zero-order valence-electron chi connectivity index (χ0n) is 10.3. The van der Waals surface area contributed by atoms with Crippen LogP contribution in [0.4, 0.5) is 0 Å². The van der Waals surface area contributed by atoms with Crippen LogP contribution in [-0.2, 0) is 6.54 Å². The minimum Gasteiger partial charge on any atom is -0.334 e. The van der Waals surface area contributed by atoms with Gasteiger partial charge in [-0.3, -0.25) is 0 Å². The maximum Gasteiger partial charge on any atom is 0.0948 e. The van der Waals surface area contributed by atoms with Crippen molar-refractivity contribution in [3.8, 4) is 0 Å². The standard InChI is InChI=1S/C13H23N3/c1-12-10-14-11-16(12)9-8-15-13-6-4-2-3-5-7-13/h10-11,13,15H,2-9H2,1H3. The first-order chi connectivity index (χ1) is 7.86. The zero-order chi connectivity index (χ0) is 11.2. The van der Waals surface area contributed by atoms with E-state index in [-0.39, 0.29) is 0 Å². The molecule has 0 radical (unpaired) electrons. The molecule has 0 bridgehead atoms. The van der Waals surface area contributed by atoms with Crippen LogP contribution in [0.3, 0.4) is 0 Å². The summed E-state index contributed by atoms with van der Waals surface area (Å²) < 4.78 is 2.21. The van der Waals surface area contributed by atoms with Gasteiger partial charge in [-0.15, -0.1) is 0 Å². The summed E-state index contributed by atoms with van der Waals surface area (Å²) in [5, 5.41) is 3.68. The van der Waals surface area contributed by atoms with Crippen molar-refractivity contribution in [2.24, 2.45) is 0 Å². The predicted molar refractivity (Wildman–Crippen MR) is 66.5 cm³/mol. The minimum atomic E-state index is 0.756. The maximum atomic E-state index is 4.14. The highest BCUT2D eigenvalue weighted by Crippen LogP contribution is 2.16. The third kappa shape index (κ3) is 3.34. The Labute approximate surface area is 98.3 Å². The van der Waals surface area contributed by atoms with Crippen molar-refractivity contribution in [1.29, 1.82) is 0 Å². The Morgan fingerprint density at radius 2 is 2.06 bits per heavy atom. The van der Waals surface area contributed by atoms with Crippen LogP contribution in [0.1, 0.15) is 44.2 Å². The molecular formula is C13H23N3. The van der Waals surface area contributed by atoms with E-state index >= 15 is 0 Å². The highest BCUT2D eigenvalue weighted by Gasteiger charge is 2.10. The van der Waals surface area contributed by atoms with Crippen molar-refractivity contribution < 1.29 is 0 Å². The fraction of sp³-hybridized carbons (Fsp3) is 0.769. The fourth-order valence-electron chi connectivity index (χ4n) is 2.49. The van der Waals surface area contributed by atoms with E-state index < -0.39 is 0 Å². The summed E-state index contributed by atoms with van der Waals surface area (Å²) in [5.41, 5.74) is 1.25. The first kappa shape index (κ1) is 11.6. The lowest BCUT2D eigenvalue weighted by Gasteiger charge is -2.16. The molecule has 16 heavy (non-hydrogen) atoms. The van der Waals surface area contributed by atoms with Gasteiger partial charge in [0.2, 0.25) is 0 Å². The van der Waals surface area contributed by atoms with Crippen LogP contribution in [0.15, 0.2) is 12.5 Å². The predicted octanol–water partition coefficient (Wildman–Crippen LogP) is 2.50. The van der Waals surface area contributed by atoms with Gasteiger partial charge < -0.3 is 9.88 Å². The van der Waals surface area contributed by atoms with E-state index in [1.807, 2.05) is 12.5 Å². The van der Waals surface area contributed by atoms with Crippen LogP contribution in [-0.4, -0.2) is 22.1 Å². The Bertz CT molecular complexity index is 298. The van der Waals surface area contributed by atoms with E-state index in [2.05, 4.69) is 21.8 Å². The topological polar surface area (TPSA) is 29.9 Å². The van der Waals surface area contributed by atoms with E-state index in [0.29, 0.717) is 0 Å². The van der Waals surface area contributed by atoms with Gasteiger partial charge in [-0.05, 0) is 19.8 Å². The molecule has 1 aromatic rings. The van der Waals surface area contributed by atoms with Crippen molar-refractivity contribution in [2.75, 3.05) is 6.54 Å². The molecule has 0 aliphatic heterocycles. The van der Waals surface area contributed by atoms with Crippen LogP contribution in [0.5, 0.6) is 0 Å². The lowest BCUT2D eigenvalue weighted by molar-refractivity contribution is 0.444. The molecule has 1 aliphatic carbocycles. The van der Waals surface area contributed by atoms with E-state index in [1.165, 1.54) is 44.2 Å².